The molecule has 0 spiro atoms. The number of nitrogens with one attached hydrogen (secondary N) is 1. The van der Waals surface area contributed by atoms with Crippen molar-refractivity contribution in [3.8, 4) is 0 Å². The number of rotatable bonds is 4. The van der Waals surface area contributed by atoms with Gasteiger partial charge in [-0.05, 0) is 37.7 Å². The minimum absolute atomic E-state index is 0.209. The third-order valence-electron chi connectivity index (χ3n) is 3.19. The van der Waals surface area contributed by atoms with E-state index in [1.54, 1.807) is 18.7 Å². The van der Waals surface area contributed by atoms with E-state index in [0.717, 1.165) is 23.3 Å². The summed E-state index contributed by atoms with van der Waals surface area (Å²) in [7, 11) is 0. The van der Waals surface area contributed by atoms with Crippen molar-refractivity contribution in [2.24, 2.45) is 0 Å². The van der Waals surface area contributed by atoms with E-state index in [0.29, 0.717) is 0 Å². The van der Waals surface area contributed by atoms with Gasteiger partial charge in [0.15, 0.2) is 0 Å². The molecular weight excluding hydrogens is 262 g/mol. The molecule has 0 radical (unpaired) electrons. The smallest absolute Gasteiger partial charge is 0.396 e. The fourth-order valence-electron chi connectivity index (χ4n) is 2.09. The summed E-state index contributed by atoms with van der Waals surface area (Å²) in [5.74, 6) is -1.47. The van der Waals surface area contributed by atoms with E-state index < -0.39 is 11.9 Å². The van der Waals surface area contributed by atoms with Crippen LogP contribution in [0.3, 0.4) is 0 Å². The van der Waals surface area contributed by atoms with Gasteiger partial charge < -0.3 is 10.1 Å². The Hall–Kier alpha value is -1.49. The van der Waals surface area contributed by atoms with Gasteiger partial charge in [0.25, 0.3) is 0 Å². The molecule has 102 valence electrons. The van der Waals surface area contributed by atoms with Gasteiger partial charge in [-0.15, -0.1) is 11.8 Å². The Morgan fingerprint density at radius 3 is 2.63 bits per heavy atom. The van der Waals surface area contributed by atoms with E-state index in [2.05, 4.69) is 5.32 Å². The molecule has 4 nitrogen and oxygen atoms in total. The average molecular weight is 279 g/mol. The van der Waals surface area contributed by atoms with Crippen molar-refractivity contribution < 1.29 is 14.3 Å². The Kier molecular flexibility index (Phi) is 4.14. The summed E-state index contributed by atoms with van der Waals surface area (Å²) >= 11 is 1.64. The van der Waals surface area contributed by atoms with E-state index in [1.807, 2.05) is 30.5 Å². The standard InChI is InChI=1S/C14H17NO3S/c1-3-18-13(17)12(16)15-14(8-9-14)10-6-4-5-7-11(10)19-2/h4-7H,3,8-9H2,1-2H3,(H,15,16). The number of hydrogen-bond donors (Lipinski definition) is 1. The summed E-state index contributed by atoms with van der Waals surface area (Å²) < 4.78 is 4.71. The second-order valence-electron chi connectivity index (χ2n) is 4.46. The number of carbonyl (C=O) groups excluding carboxylic acids is 2. The second kappa shape index (κ2) is 5.65. The maximum atomic E-state index is 11.8. The van der Waals surface area contributed by atoms with E-state index in [4.69, 9.17) is 4.74 Å². The number of carbonyl (C=O) groups is 2. The number of esters is 1. The monoisotopic (exact) mass is 279 g/mol. The largest absolute Gasteiger partial charge is 0.459 e. The van der Waals surface area contributed by atoms with Gasteiger partial charge >= 0.3 is 11.9 Å². The lowest BCUT2D eigenvalue weighted by molar-refractivity contribution is -0.155. The Morgan fingerprint density at radius 2 is 2.05 bits per heavy atom. The molecule has 0 saturated heterocycles. The highest BCUT2D eigenvalue weighted by atomic mass is 32.2. The van der Waals surface area contributed by atoms with Crippen LogP contribution in [0.15, 0.2) is 29.2 Å². The lowest BCUT2D eigenvalue weighted by Crippen LogP contribution is -2.40. The number of hydrogen-bond acceptors (Lipinski definition) is 4. The Bertz CT molecular complexity index is 497. The van der Waals surface area contributed by atoms with E-state index >= 15 is 0 Å². The second-order valence-corrected chi connectivity index (χ2v) is 5.31. The molecule has 2 rings (SSSR count). The average Bonchev–Trinajstić information content (AvgIpc) is 3.19. The lowest BCUT2D eigenvalue weighted by Gasteiger charge is -2.19. The van der Waals surface area contributed by atoms with Crippen molar-refractivity contribution in [2.45, 2.75) is 30.2 Å². The van der Waals surface area contributed by atoms with Crippen LogP contribution in [0.5, 0.6) is 0 Å². The first-order chi connectivity index (χ1) is 9.13. The molecule has 0 heterocycles. The molecule has 0 atom stereocenters. The molecule has 0 aliphatic heterocycles. The maximum absolute atomic E-state index is 11.8. The van der Waals surface area contributed by atoms with Crippen LogP contribution in [-0.2, 0) is 19.9 Å². The van der Waals surface area contributed by atoms with E-state index in [1.165, 1.54) is 0 Å². The molecule has 5 heteroatoms. The fourth-order valence-corrected chi connectivity index (χ4v) is 2.79. The highest BCUT2D eigenvalue weighted by Crippen LogP contribution is 2.48. The lowest BCUT2D eigenvalue weighted by atomic mass is 10.0. The van der Waals surface area contributed by atoms with Crippen molar-refractivity contribution in [1.82, 2.24) is 5.32 Å². The molecular formula is C14H17NO3S. The first-order valence-corrected chi connectivity index (χ1v) is 7.48. The molecule has 1 amide bonds. The number of benzene rings is 1. The van der Waals surface area contributed by atoms with Gasteiger partial charge in [-0.2, -0.15) is 0 Å². The van der Waals surface area contributed by atoms with Gasteiger partial charge in [0.1, 0.15) is 0 Å². The van der Waals surface area contributed by atoms with Crippen LogP contribution in [0.2, 0.25) is 0 Å². The molecule has 1 fully saturated rings. The fraction of sp³-hybridized carbons (Fsp3) is 0.429. The van der Waals surface area contributed by atoms with Gasteiger partial charge in [0.05, 0.1) is 12.1 Å². The Morgan fingerprint density at radius 1 is 1.37 bits per heavy atom. The predicted octanol–water partition coefficient (Wildman–Crippen LogP) is 2.08. The molecule has 19 heavy (non-hydrogen) atoms. The summed E-state index contributed by atoms with van der Waals surface area (Å²) in [5.41, 5.74) is 0.698. The van der Waals surface area contributed by atoms with Crippen LogP contribution in [-0.4, -0.2) is 24.7 Å². The van der Waals surface area contributed by atoms with Gasteiger partial charge in [-0.1, -0.05) is 18.2 Å². The molecule has 1 aromatic rings. The van der Waals surface area contributed by atoms with Gasteiger partial charge in [-0.25, -0.2) is 4.79 Å². The van der Waals surface area contributed by atoms with Gasteiger partial charge in [0, 0.05) is 4.90 Å². The maximum Gasteiger partial charge on any atom is 0.396 e. The minimum atomic E-state index is -0.810. The van der Waals surface area contributed by atoms with Crippen molar-refractivity contribution in [1.29, 1.82) is 0 Å². The van der Waals surface area contributed by atoms with Gasteiger partial charge in [-0.3, -0.25) is 4.79 Å². The van der Waals surface area contributed by atoms with Crippen molar-refractivity contribution in [3.63, 3.8) is 0 Å². The highest BCUT2D eigenvalue weighted by Gasteiger charge is 2.47. The highest BCUT2D eigenvalue weighted by molar-refractivity contribution is 7.98. The summed E-state index contributed by atoms with van der Waals surface area (Å²) in [4.78, 5) is 24.3. The molecule has 1 aliphatic rings. The summed E-state index contributed by atoms with van der Waals surface area (Å²) in [6, 6.07) is 7.95. The number of ether oxygens (including phenoxy) is 1. The molecule has 0 bridgehead atoms. The number of thioether (sulfide) groups is 1. The van der Waals surface area contributed by atoms with Crippen LogP contribution in [0.4, 0.5) is 0 Å². The summed E-state index contributed by atoms with van der Waals surface area (Å²) in [5, 5.41) is 2.82. The quantitative estimate of drug-likeness (QED) is 0.521. The molecule has 1 aliphatic carbocycles. The molecule has 1 N–H and O–H groups in total. The first kappa shape index (κ1) is 13.9. The van der Waals surface area contributed by atoms with E-state index in [-0.39, 0.29) is 12.1 Å². The van der Waals surface area contributed by atoms with Crippen molar-refractivity contribution in [2.75, 3.05) is 12.9 Å². The zero-order chi connectivity index (χ0) is 13.9. The van der Waals surface area contributed by atoms with E-state index in [9.17, 15) is 9.59 Å². The summed E-state index contributed by atoms with van der Waals surface area (Å²) in [6.07, 6.45) is 3.72. The predicted molar refractivity (Wildman–Crippen MR) is 73.9 cm³/mol. The molecule has 1 saturated carbocycles. The topological polar surface area (TPSA) is 55.4 Å². The van der Waals surface area contributed by atoms with Crippen LogP contribution < -0.4 is 5.32 Å². The minimum Gasteiger partial charge on any atom is -0.459 e. The zero-order valence-corrected chi connectivity index (χ0v) is 11.9. The molecule has 0 aromatic heterocycles. The SMILES string of the molecule is CCOC(=O)C(=O)NC1(c2ccccc2SC)CC1. The summed E-state index contributed by atoms with van der Waals surface area (Å²) in [6.45, 7) is 1.89. The van der Waals surface area contributed by atoms with Crippen LogP contribution in [0.25, 0.3) is 0 Å². The third-order valence-corrected chi connectivity index (χ3v) is 3.98. The van der Waals surface area contributed by atoms with Crippen molar-refractivity contribution in [3.05, 3.63) is 29.8 Å². The number of amides is 1. The van der Waals surface area contributed by atoms with Crippen LogP contribution in [0, 0.1) is 0 Å². The first-order valence-electron chi connectivity index (χ1n) is 6.25. The molecule has 0 unspecified atom stereocenters. The normalized spacial score (nSPS) is 15.7. The Balaban J connectivity index is 2.15. The van der Waals surface area contributed by atoms with Crippen LogP contribution in [0.1, 0.15) is 25.3 Å². The Labute approximate surface area is 116 Å². The molecule has 1 aromatic carbocycles. The zero-order valence-electron chi connectivity index (χ0n) is 11.1. The van der Waals surface area contributed by atoms with Gasteiger partial charge in [0.2, 0.25) is 0 Å². The van der Waals surface area contributed by atoms with Crippen molar-refractivity contribution >= 4 is 23.6 Å². The van der Waals surface area contributed by atoms with Crippen LogP contribution >= 0.6 is 11.8 Å². The third kappa shape index (κ3) is 2.92.